The average Bonchev–Trinajstić information content (AvgIpc) is 2.74. The van der Waals surface area contributed by atoms with Crippen LogP contribution in [0.25, 0.3) is 0 Å². The first-order valence-corrected chi connectivity index (χ1v) is 9.35. The maximum atomic E-state index is 14.0. The minimum Gasteiger partial charge on any atom is -0.393 e. The second-order valence-corrected chi connectivity index (χ2v) is 6.72. The van der Waals surface area contributed by atoms with Crippen LogP contribution >= 0.6 is 0 Å². The fourth-order valence-corrected chi connectivity index (χ4v) is 3.43. The van der Waals surface area contributed by atoms with Gasteiger partial charge in [0.25, 0.3) is 0 Å². The number of benzene rings is 2. The summed E-state index contributed by atoms with van der Waals surface area (Å²) in [6.07, 6.45) is 1.53. The van der Waals surface area contributed by atoms with Crippen LogP contribution in [-0.4, -0.2) is 36.1 Å². The van der Waals surface area contributed by atoms with E-state index in [4.69, 9.17) is 5.73 Å². The van der Waals surface area contributed by atoms with Crippen LogP contribution in [0.2, 0.25) is 0 Å². The number of halogens is 1. The lowest BCUT2D eigenvalue weighted by atomic mass is 10.2. The third-order valence-electron chi connectivity index (χ3n) is 4.94. The van der Waals surface area contributed by atoms with Crippen LogP contribution in [-0.2, 0) is 6.54 Å². The molecule has 0 atom stereocenters. The van der Waals surface area contributed by atoms with Crippen molar-refractivity contribution in [3.8, 4) is 0 Å². The Morgan fingerprint density at radius 1 is 0.893 bits per heavy atom. The summed E-state index contributed by atoms with van der Waals surface area (Å²) in [7, 11) is 0. The molecule has 0 radical (unpaired) electrons. The Hall–Kier alpha value is -3.35. The highest BCUT2D eigenvalue weighted by Crippen LogP contribution is 2.28. The van der Waals surface area contributed by atoms with E-state index in [1.165, 1.54) is 12.4 Å². The lowest BCUT2D eigenvalue weighted by molar-refractivity contribution is 0.596. The minimum absolute atomic E-state index is 0.190. The predicted molar refractivity (Wildman–Crippen MR) is 111 cm³/mol. The van der Waals surface area contributed by atoms with E-state index in [-0.39, 0.29) is 5.82 Å². The molecule has 28 heavy (non-hydrogen) atoms. The zero-order valence-corrected chi connectivity index (χ0v) is 15.6. The Labute approximate surface area is 163 Å². The molecule has 1 aliphatic rings. The van der Waals surface area contributed by atoms with Crippen LogP contribution in [0.1, 0.15) is 5.56 Å². The normalized spacial score (nSPS) is 14.2. The van der Waals surface area contributed by atoms with Gasteiger partial charge in [0.05, 0.1) is 5.69 Å². The van der Waals surface area contributed by atoms with E-state index < -0.39 is 0 Å². The molecule has 0 amide bonds. The summed E-state index contributed by atoms with van der Waals surface area (Å²) in [6.45, 7) is 3.48. The fourth-order valence-electron chi connectivity index (χ4n) is 3.43. The van der Waals surface area contributed by atoms with Crippen molar-refractivity contribution in [2.45, 2.75) is 6.54 Å². The second kappa shape index (κ2) is 8.12. The van der Waals surface area contributed by atoms with Gasteiger partial charge in [0, 0.05) is 32.7 Å². The summed E-state index contributed by atoms with van der Waals surface area (Å²) in [4.78, 5) is 12.9. The molecule has 1 aliphatic heterocycles. The average molecular weight is 378 g/mol. The molecule has 0 spiro atoms. The molecule has 0 bridgehead atoms. The molecular weight excluding hydrogens is 355 g/mol. The summed E-state index contributed by atoms with van der Waals surface area (Å²) in [5.74, 6) is 1.16. The molecule has 4 rings (SSSR count). The van der Waals surface area contributed by atoms with Gasteiger partial charge in [-0.05, 0) is 17.7 Å². The first-order valence-electron chi connectivity index (χ1n) is 9.35. The van der Waals surface area contributed by atoms with Gasteiger partial charge in [0.1, 0.15) is 17.8 Å². The number of aromatic nitrogens is 2. The van der Waals surface area contributed by atoms with Crippen molar-refractivity contribution in [3.63, 3.8) is 0 Å². The van der Waals surface area contributed by atoms with Gasteiger partial charge in [-0.1, -0.05) is 42.5 Å². The van der Waals surface area contributed by atoms with E-state index in [0.29, 0.717) is 49.9 Å². The minimum atomic E-state index is -0.190. The molecule has 1 aromatic heterocycles. The summed E-state index contributed by atoms with van der Waals surface area (Å²) < 4.78 is 14.0. The van der Waals surface area contributed by atoms with Crippen LogP contribution in [0.3, 0.4) is 0 Å². The highest BCUT2D eigenvalue weighted by Gasteiger charge is 2.22. The first kappa shape index (κ1) is 18.0. The molecular formula is C21H23FN6. The molecule has 2 aromatic carbocycles. The molecule has 0 unspecified atom stereocenters. The smallest absolute Gasteiger partial charge is 0.157 e. The van der Waals surface area contributed by atoms with Crippen molar-refractivity contribution >= 4 is 23.0 Å². The van der Waals surface area contributed by atoms with Crippen LogP contribution < -0.4 is 20.9 Å². The van der Waals surface area contributed by atoms with E-state index in [1.807, 2.05) is 42.5 Å². The van der Waals surface area contributed by atoms with Gasteiger partial charge < -0.3 is 20.9 Å². The number of anilines is 4. The number of nitrogens with one attached hydrogen (secondary N) is 1. The second-order valence-electron chi connectivity index (χ2n) is 6.72. The largest absolute Gasteiger partial charge is 0.393 e. The van der Waals surface area contributed by atoms with E-state index in [1.54, 1.807) is 6.07 Å². The van der Waals surface area contributed by atoms with Crippen molar-refractivity contribution in [2.75, 3.05) is 47.0 Å². The first-order chi connectivity index (χ1) is 13.7. The molecule has 1 fully saturated rings. The number of nitrogens with zero attached hydrogens (tertiary/aromatic N) is 4. The Kier molecular flexibility index (Phi) is 5.23. The molecule has 0 aliphatic carbocycles. The summed E-state index contributed by atoms with van der Waals surface area (Å²) in [5.41, 5.74) is 8.68. The van der Waals surface area contributed by atoms with Crippen molar-refractivity contribution in [3.05, 3.63) is 72.3 Å². The lowest BCUT2D eigenvalue weighted by Gasteiger charge is -2.37. The maximum Gasteiger partial charge on any atom is 0.157 e. The van der Waals surface area contributed by atoms with Crippen molar-refractivity contribution in [1.29, 1.82) is 0 Å². The van der Waals surface area contributed by atoms with Gasteiger partial charge in [-0.15, -0.1) is 0 Å². The quantitative estimate of drug-likeness (QED) is 0.711. The number of hydrogen-bond acceptors (Lipinski definition) is 6. The van der Waals surface area contributed by atoms with Gasteiger partial charge in [-0.25, -0.2) is 14.4 Å². The number of piperazine rings is 1. The number of nitrogens with two attached hydrogens (primary N) is 1. The standard InChI is InChI=1S/C21H23FN6/c22-17-8-4-5-9-18(17)27-10-12-28(13-11-27)21-19(23)20(25-15-26-21)24-14-16-6-2-1-3-7-16/h1-9,15H,10-14,23H2,(H,24,25,26). The zero-order valence-electron chi connectivity index (χ0n) is 15.6. The molecule has 2 heterocycles. The molecule has 3 aromatic rings. The third-order valence-corrected chi connectivity index (χ3v) is 4.94. The van der Waals surface area contributed by atoms with Gasteiger partial charge in [-0.3, -0.25) is 0 Å². The summed E-state index contributed by atoms with van der Waals surface area (Å²) >= 11 is 0. The van der Waals surface area contributed by atoms with E-state index in [0.717, 1.165) is 11.4 Å². The van der Waals surface area contributed by atoms with E-state index >= 15 is 0 Å². The van der Waals surface area contributed by atoms with Gasteiger partial charge in [0.2, 0.25) is 0 Å². The van der Waals surface area contributed by atoms with Crippen molar-refractivity contribution in [1.82, 2.24) is 9.97 Å². The van der Waals surface area contributed by atoms with E-state index in [9.17, 15) is 4.39 Å². The van der Waals surface area contributed by atoms with Crippen LogP contribution in [0, 0.1) is 5.82 Å². The van der Waals surface area contributed by atoms with E-state index in [2.05, 4.69) is 25.1 Å². The zero-order chi connectivity index (χ0) is 19.3. The Morgan fingerprint density at radius 3 is 2.32 bits per heavy atom. The molecule has 0 saturated carbocycles. The monoisotopic (exact) mass is 378 g/mol. The highest BCUT2D eigenvalue weighted by molar-refractivity contribution is 5.75. The SMILES string of the molecule is Nc1c(NCc2ccccc2)ncnc1N1CCN(c2ccccc2F)CC1. The topological polar surface area (TPSA) is 70.3 Å². The Balaban J connectivity index is 1.43. The number of hydrogen-bond donors (Lipinski definition) is 2. The van der Waals surface area contributed by atoms with Gasteiger partial charge in [0.15, 0.2) is 11.6 Å². The van der Waals surface area contributed by atoms with Crippen molar-refractivity contribution in [2.24, 2.45) is 0 Å². The van der Waals surface area contributed by atoms with Crippen molar-refractivity contribution < 1.29 is 4.39 Å². The number of para-hydroxylation sites is 1. The number of rotatable bonds is 5. The van der Waals surface area contributed by atoms with Crippen LogP contribution in [0.5, 0.6) is 0 Å². The summed E-state index contributed by atoms with van der Waals surface area (Å²) in [5, 5.41) is 3.29. The van der Waals surface area contributed by atoms with Crippen LogP contribution in [0.15, 0.2) is 60.9 Å². The number of nitrogen functional groups attached to an aromatic ring is 1. The Morgan fingerprint density at radius 2 is 1.57 bits per heavy atom. The van der Waals surface area contributed by atoms with Gasteiger partial charge >= 0.3 is 0 Å². The third kappa shape index (κ3) is 3.83. The summed E-state index contributed by atoms with van der Waals surface area (Å²) in [6, 6.07) is 17.0. The lowest BCUT2D eigenvalue weighted by Crippen LogP contribution is -2.47. The van der Waals surface area contributed by atoms with Crippen LogP contribution in [0.4, 0.5) is 27.4 Å². The fraction of sp³-hybridized carbons (Fsp3) is 0.238. The predicted octanol–water partition coefficient (Wildman–Crippen LogP) is 3.14. The Bertz CT molecular complexity index is 925. The highest BCUT2D eigenvalue weighted by atomic mass is 19.1. The van der Waals surface area contributed by atoms with Gasteiger partial charge in [-0.2, -0.15) is 0 Å². The molecule has 1 saturated heterocycles. The maximum absolute atomic E-state index is 14.0. The molecule has 7 heteroatoms. The molecule has 6 nitrogen and oxygen atoms in total. The molecule has 3 N–H and O–H groups in total. The molecule has 144 valence electrons.